The van der Waals surface area contributed by atoms with Crippen LogP contribution in [0.2, 0.25) is 0 Å². The van der Waals surface area contributed by atoms with Crippen molar-refractivity contribution in [1.82, 2.24) is 10.2 Å². The summed E-state index contributed by atoms with van der Waals surface area (Å²) in [5.41, 5.74) is 5.09. The smallest absolute Gasteiger partial charge is 0.325 e. The second-order valence-corrected chi connectivity index (χ2v) is 5.31. The molecular formula is C15H19N3O3. The first kappa shape index (κ1) is 15.0. The van der Waals surface area contributed by atoms with E-state index in [1.807, 2.05) is 6.92 Å². The number of rotatable bonds is 5. The van der Waals surface area contributed by atoms with E-state index in [9.17, 15) is 14.4 Å². The summed E-state index contributed by atoms with van der Waals surface area (Å²) in [6.07, 6.45) is 1.68. The van der Waals surface area contributed by atoms with Crippen LogP contribution in [-0.4, -0.2) is 29.3 Å². The lowest BCUT2D eigenvalue weighted by molar-refractivity contribution is -0.131. The molecule has 21 heavy (non-hydrogen) atoms. The molecule has 6 nitrogen and oxygen atoms in total. The number of urea groups is 1. The highest BCUT2D eigenvalue weighted by Crippen LogP contribution is 2.29. The summed E-state index contributed by atoms with van der Waals surface area (Å²) < 4.78 is 0. The normalized spacial score (nSPS) is 21.5. The van der Waals surface area contributed by atoms with E-state index in [2.05, 4.69) is 5.32 Å². The Morgan fingerprint density at radius 2 is 1.90 bits per heavy atom. The third kappa shape index (κ3) is 2.61. The van der Waals surface area contributed by atoms with E-state index in [0.717, 1.165) is 12.8 Å². The lowest BCUT2D eigenvalue weighted by atomic mass is 9.91. The molecule has 0 bridgehead atoms. The monoisotopic (exact) mass is 289 g/mol. The van der Waals surface area contributed by atoms with Crippen LogP contribution in [0.15, 0.2) is 24.3 Å². The van der Waals surface area contributed by atoms with Crippen molar-refractivity contribution in [3.05, 3.63) is 35.4 Å². The highest BCUT2D eigenvalue weighted by molar-refractivity contribution is 6.07. The summed E-state index contributed by atoms with van der Waals surface area (Å²) in [7, 11) is 0. The summed E-state index contributed by atoms with van der Waals surface area (Å²) in [6.45, 7) is 4.08. The molecule has 0 aliphatic carbocycles. The first-order valence-corrected chi connectivity index (χ1v) is 6.94. The lowest BCUT2D eigenvalue weighted by Gasteiger charge is -2.22. The zero-order valence-electron chi connectivity index (χ0n) is 12.2. The molecule has 0 unspecified atom stereocenters. The number of nitrogens with zero attached hydrogens (tertiary/aromatic N) is 1. The third-order valence-corrected chi connectivity index (χ3v) is 3.76. The average Bonchev–Trinajstić information content (AvgIpc) is 2.68. The van der Waals surface area contributed by atoms with Crippen molar-refractivity contribution in [2.75, 3.05) is 6.54 Å². The number of nitrogens with one attached hydrogen (secondary N) is 1. The molecule has 112 valence electrons. The molecule has 1 fully saturated rings. The first-order valence-electron chi connectivity index (χ1n) is 6.94. The number of carbonyl (C=O) groups is 3. The Hall–Kier alpha value is -2.37. The van der Waals surface area contributed by atoms with Gasteiger partial charge in [-0.15, -0.1) is 0 Å². The highest BCUT2D eigenvalue weighted by Gasteiger charge is 2.48. The Kier molecular flexibility index (Phi) is 3.97. The number of unbranched alkanes of at least 4 members (excludes halogenated alkanes) is 1. The topological polar surface area (TPSA) is 92.5 Å². The molecule has 1 aliphatic heterocycles. The van der Waals surface area contributed by atoms with E-state index in [4.69, 9.17) is 5.73 Å². The van der Waals surface area contributed by atoms with E-state index in [-0.39, 0.29) is 11.9 Å². The molecule has 0 saturated carbocycles. The minimum atomic E-state index is -1.10. The summed E-state index contributed by atoms with van der Waals surface area (Å²) in [6, 6.07) is 6.01. The van der Waals surface area contributed by atoms with Crippen molar-refractivity contribution in [1.29, 1.82) is 0 Å². The summed E-state index contributed by atoms with van der Waals surface area (Å²) in [5.74, 6) is -0.800. The minimum absolute atomic E-state index is 0.271. The second-order valence-electron chi connectivity index (χ2n) is 5.31. The predicted molar refractivity (Wildman–Crippen MR) is 77.5 cm³/mol. The second kappa shape index (κ2) is 5.55. The Bertz CT molecular complexity index is 582. The van der Waals surface area contributed by atoms with Crippen molar-refractivity contribution in [2.24, 2.45) is 5.73 Å². The summed E-state index contributed by atoms with van der Waals surface area (Å²) in [4.78, 5) is 36.8. The Morgan fingerprint density at radius 1 is 1.29 bits per heavy atom. The summed E-state index contributed by atoms with van der Waals surface area (Å²) in [5, 5.41) is 2.73. The molecule has 1 aromatic rings. The van der Waals surface area contributed by atoms with Crippen molar-refractivity contribution in [3.8, 4) is 0 Å². The molecule has 3 N–H and O–H groups in total. The van der Waals surface area contributed by atoms with Gasteiger partial charge in [0.05, 0.1) is 0 Å². The van der Waals surface area contributed by atoms with Gasteiger partial charge in [-0.3, -0.25) is 14.5 Å². The molecule has 1 aliphatic rings. The van der Waals surface area contributed by atoms with E-state index in [0.29, 0.717) is 17.7 Å². The molecule has 4 amide bonds. The fourth-order valence-electron chi connectivity index (χ4n) is 2.38. The highest BCUT2D eigenvalue weighted by atomic mass is 16.2. The van der Waals surface area contributed by atoms with Gasteiger partial charge in [-0.2, -0.15) is 0 Å². The maximum atomic E-state index is 12.5. The zero-order chi connectivity index (χ0) is 15.6. The van der Waals surface area contributed by atoms with Gasteiger partial charge in [-0.1, -0.05) is 25.5 Å². The maximum absolute atomic E-state index is 12.5. The fraction of sp³-hybridized carbons (Fsp3) is 0.400. The van der Waals surface area contributed by atoms with Crippen LogP contribution >= 0.6 is 0 Å². The standard InChI is InChI=1S/C15H19N3O3/c1-3-4-9-18-13(20)15(2,17-14(18)21)11-7-5-10(6-8-11)12(16)19/h5-8H,3-4,9H2,1-2H3,(H2,16,19)(H,17,21)/t15-/m1/s1. The van der Waals surface area contributed by atoms with Crippen LogP contribution in [-0.2, 0) is 10.3 Å². The molecule has 1 atom stereocenters. The van der Waals surface area contributed by atoms with Gasteiger partial charge in [0, 0.05) is 12.1 Å². The van der Waals surface area contributed by atoms with Crippen molar-refractivity contribution in [2.45, 2.75) is 32.2 Å². The van der Waals surface area contributed by atoms with Crippen LogP contribution < -0.4 is 11.1 Å². The van der Waals surface area contributed by atoms with Gasteiger partial charge in [0.25, 0.3) is 5.91 Å². The van der Waals surface area contributed by atoms with Gasteiger partial charge in [0.15, 0.2) is 0 Å². The number of primary amides is 1. The maximum Gasteiger partial charge on any atom is 0.325 e. The van der Waals surface area contributed by atoms with Crippen LogP contribution in [0, 0.1) is 0 Å². The number of benzene rings is 1. The van der Waals surface area contributed by atoms with Crippen LogP contribution in [0.25, 0.3) is 0 Å². The third-order valence-electron chi connectivity index (χ3n) is 3.76. The Balaban J connectivity index is 2.28. The molecule has 0 spiro atoms. The molecule has 1 heterocycles. The Morgan fingerprint density at radius 3 is 2.43 bits per heavy atom. The Labute approximate surface area is 123 Å². The number of hydrogen-bond acceptors (Lipinski definition) is 3. The van der Waals surface area contributed by atoms with Crippen molar-refractivity contribution in [3.63, 3.8) is 0 Å². The fourth-order valence-corrected chi connectivity index (χ4v) is 2.38. The molecule has 1 aromatic carbocycles. The van der Waals surface area contributed by atoms with Gasteiger partial charge in [0.2, 0.25) is 5.91 Å². The van der Waals surface area contributed by atoms with Gasteiger partial charge in [-0.25, -0.2) is 4.79 Å². The van der Waals surface area contributed by atoms with Crippen molar-refractivity contribution >= 4 is 17.8 Å². The van der Waals surface area contributed by atoms with Crippen LogP contribution in [0.5, 0.6) is 0 Å². The number of hydrogen-bond donors (Lipinski definition) is 2. The van der Waals surface area contributed by atoms with Crippen LogP contribution in [0.3, 0.4) is 0 Å². The molecular weight excluding hydrogens is 270 g/mol. The van der Waals surface area contributed by atoms with E-state index >= 15 is 0 Å². The number of carbonyl (C=O) groups excluding carboxylic acids is 3. The van der Waals surface area contributed by atoms with E-state index in [1.54, 1.807) is 31.2 Å². The quantitative estimate of drug-likeness (QED) is 0.801. The lowest BCUT2D eigenvalue weighted by Crippen LogP contribution is -2.41. The number of imide groups is 1. The largest absolute Gasteiger partial charge is 0.366 e. The molecule has 2 rings (SSSR count). The molecule has 0 radical (unpaired) electrons. The van der Waals surface area contributed by atoms with Gasteiger partial charge in [0.1, 0.15) is 5.54 Å². The molecule has 6 heteroatoms. The van der Waals surface area contributed by atoms with Crippen molar-refractivity contribution < 1.29 is 14.4 Å². The van der Waals surface area contributed by atoms with E-state index in [1.165, 1.54) is 4.90 Å². The average molecular weight is 289 g/mol. The van der Waals surface area contributed by atoms with Gasteiger partial charge in [-0.05, 0) is 31.0 Å². The summed E-state index contributed by atoms with van der Waals surface area (Å²) >= 11 is 0. The zero-order valence-corrected chi connectivity index (χ0v) is 12.2. The first-order chi connectivity index (χ1) is 9.90. The minimum Gasteiger partial charge on any atom is -0.366 e. The number of amides is 4. The van der Waals surface area contributed by atoms with Crippen LogP contribution in [0.4, 0.5) is 4.79 Å². The SMILES string of the molecule is CCCCN1C(=O)N[C@](C)(c2ccc(C(N)=O)cc2)C1=O. The molecule has 1 saturated heterocycles. The van der Waals surface area contributed by atoms with Crippen LogP contribution in [0.1, 0.15) is 42.6 Å². The molecule has 0 aromatic heterocycles. The predicted octanol–water partition coefficient (Wildman–Crippen LogP) is 1.35. The van der Waals surface area contributed by atoms with Gasteiger partial charge < -0.3 is 11.1 Å². The van der Waals surface area contributed by atoms with Gasteiger partial charge >= 0.3 is 6.03 Å². The number of nitrogens with two attached hydrogens (primary N) is 1. The van der Waals surface area contributed by atoms with E-state index < -0.39 is 11.4 Å².